The van der Waals surface area contributed by atoms with E-state index in [4.69, 9.17) is 23.7 Å². The number of ether oxygens (including phenoxy) is 3. The molecule has 1 aromatic heterocycles. The minimum atomic E-state index is -2.15. The SMILES string of the molecule is CCOC(=O)CC/C=C\C[C@@H]1CO[C@H](c2ccc3cc(/C(=C\CCCCC(=O)O)c4cccnc4)ccc3c2)O[C@@H]1c1ccccc1O[Si](C)(C)C(C)(C)C. The number of pyridine rings is 1. The van der Waals surface area contributed by atoms with Gasteiger partial charge in [0.25, 0.3) is 0 Å². The van der Waals surface area contributed by atoms with Gasteiger partial charge in [-0.15, -0.1) is 0 Å². The van der Waals surface area contributed by atoms with Crippen molar-refractivity contribution in [1.29, 1.82) is 0 Å². The highest BCUT2D eigenvalue weighted by atomic mass is 28.4. The molecule has 1 aliphatic heterocycles. The molecule has 0 amide bonds. The fourth-order valence-electron chi connectivity index (χ4n) is 6.51. The van der Waals surface area contributed by atoms with E-state index in [-0.39, 0.29) is 29.5 Å². The first-order valence-corrected chi connectivity index (χ1v) is 22.5. The second kappa shape index (κ2) is 19.3. The lowest BCUT2D eigenvalue weighted by Gasteiger charge is -2.40. The summed E-state index contributed by atoms with van der Waals surface area (Å²) >= 11 is 0. The standard InChI is InChI=1S/C46H57NO7Si/c1-7-51-43(50)23-13-8-10-17-38-32-52-45(53-44(38)40-20-14-15-21-41(40)54-55(5,6)46(2,3)4)36-27-25-33-29-35(26-24-34(33)30-36)39(37-18-16-28-47-31-37)19-11-9-12-22-42(48)49/h8,10,14-16,18-21,24-31,38,44-45H,7,9,11-13,17,22-23,32H2,1-6H3,(H,48,49)/b10-8-,39-19+/t38-,44+,45+/m1/s1. The number of carbonyl (C=O) groups is 2. The number of para-hydroxylation sites is 1. The Kier molecular flexibility index (Phi) is 14.6. The molecular formula is C46H57NO7Si. The highest BCUT2D eigenvalue weighted by molar-refractivity contribution is 6.74. The molecule has 0 radical (unpaired) electrons. The lowest BCUT2D eigenvalue weighted by Crippen LogP contribution is -2.44. The molecule has 1 fully saturated rings. The van der Waals surface area contributed by atoms with E-state index in [1.807, 2.05) is 37.4 Å². The van der Waals surface area contributed by atoms with Gasteiger partial charge in [0.15, 0.2) is 6.29 Å². The Balaban J connectivity index is 1.40. The quantitative estimate of drug-likeness (QED) is 0.0491. The minimum absolute atomic E-state index is 0.0295. The number of unbranched alkanes of at least 4 members (excludes halogenated alkanes) is 2. The van der Waals surface area contributed by atoms with E-state index in [0.717, 1.165) is 63.6 Å². The monoisotopic (exact) mass is 763 g/mol. The molecule has 5 rings (SSSR count). The Morgan fingerprint density at radius 2 is 1.71 bits per heavy atom. The van der Waals surface area contributed by atoms with E-state index in [1.165, 1.54) is 0 Å². The van der Waals surface area contributed by atoms with Gasteiger partial charge in [-0.25, -0.2) is 0 Å². The average molecular weight is 764 g/mol. The number of hydrogen-bond acceptors (Lipinski definition) is 7. The number of carbonyl (C=O) groups excluding carboxylic acids is 1. The van der Waals surface area contributed by atoms with E-state index in [2.05, 4.69) is 106 Å². The minimum Gasteiger partial charge on any atom is -0.543 e. The maximum atomic E-state index is 11.9. The molecule has 0 bridgehead atoms. The number of hydrogen-bond donors (Lipinski definition) is 1. The topological polar surface area (TPSA) is 104 Å². The predicted octanol–water partition coefficient (Wildman–Crippen LogP) is 11.4. The molecule has 1 saturated heterocycles. The van der Waals surface area contributed by atoms with E-state index in [9.17, 15) is 9.59 Å². The van der Waals surface area contributed by atoms with Crippen LogP contribution in [0.1, 0.15) is 107 Å². The molecule has 3 atom stereocenters. The van der Waals surface area contributed by atoms with Gasteiger partial charge in [-0.05, 0) is 103 Å². The zero-order chi connectivity index (χ0) is 39.4. The molecule has 1 N–H and O–H groups in total. The summed E-state index contributed by atoms with van der Waals surface area (Å²) in [6, 6.07) is 25.1. The molecule has 0 aliphatic carbocycles. The highest BCUT2D eigenvalue weighted by Crippen LogP contribution is 2.45. The average Bonchev–Trinajstić information content (AvgIpc) is 3.16. The molecule has 2 heterocycles. The highest BCUT2D eigenvalue weighted by Gasteiger charge is 2.41. The molecule has 1 aliphatic rings. The van der Waals surface area contributed by atoms with Gasteiger partial charge in [-0.2, -0.15) is 0 Å². The Morgan fingerprint density at radius 3 is 2.45 bits per heavy atom. The van der Waals surface area contributed by atoms with Crippen LogP contribution in [0, 0.1) is 5.92 Å². The van der Waals surface area contributed by atoms with Gasteiger partial charge in [0.1, 0.15) is 5.75 Å². The molecule has 0 saturated carbocycles. The molecular weight excluding hydrogens is 707 g/mol. The smallest absolute Gasteiger partial charge is 0.306 e. The molecule has 0 spiro atoms. The Labute approximate surface area is 327 Å². The van der Waals surface area contributed by atoms with Gasteiger partial charge in [0.05, 0.1) is 19.3 Å². The number of carboxylic acid groups (broad SMARTS) is 1. The van der Waals surface area contributed by atoms with E-state index in [0.29, 0.717) is 32.5 Å². The van der Waals surface area contributed by atoms with Gasteiger partial charge in [-0.3, -0.25) is 14.6 Å². The first-order chi connectivity index (χ1) is 26.4. The van der Waals surface area contributed by atoms with Crippen molar-refractivity contribution >= 4 is 36.6 Å². The summed E-state index contributed by atoms with van der Waals surface area (Å²) in [5.74, 6) is -0.0526. The molecule has 8 nitrogen and oxygen atoms in total. The molecule has 9 heteroatoms. The van der Waals surface area contributed by atoms with Crippen molar-refractivity contribution in [3.05, 3.63) is 126 Å². The Bertz CT molecular complexity index is 1950. The normalized spacial score (nSPS) is 18.1. The van der Waals surface area contributed by atoms with Crippen LogP contribution in [0.15, 0.2) is 103 Å². The van der Waals surface area contributed by atoms with Gasteiger partial charge < -0.3 is 23.7 Å². The van der Waals surface area contributed by atoms with Crippen molar-refractivity contribution in [2.24, 2.45) is 5.92 Å². The van der Waals surface area contributed by atoms with Crippen molar-refractivity contribution < 1.29 is 33.3 Å². The molecule has 292 valence electrons. The van der Waals surface area contributed by atoms with Crippen LogP contribution in [-0.2, 0) is 23.8 Å². The number of benzene rings is 3. The number of rotatable bonds is 17. The van der Waals surface area contributed by atoms with E-state index < -0.39 is 20.6 Å². The van der Waals surface area contributed by atoms with Crippen LogP contribution >= 0.6 is 0 Å². The fourth-order valence-corrected chi connectivity index (χ4v) is 7.55. The number of nitrogens with zero attached hydrogens (tertiary/aromatic N) is 1. The van der Waals surface area contributed by atoms with Gasteiger partial charge >= 0.3 is 11.9 Å². The Hall–Kier alpha value is -4.57. The predicted molar refractivity (Wildman–Crippen MR) is 221 cm³/mol. The third-order valence-electron chi connectivity index (χ3n) is 10.6. The van der Waals surface area contributed by atoms with Crippen LogP contribution in [0.2, 0.25) is 18.1 Å². The first-order valence-electron chi connectivity index (χ1n) is 19.6. The summed E-state index contributed by atoms with van der Waals surface area (Å²) in [6.45, 7) is 14.0. The summed E-state index contributed by atoms with van der Waals surface area (Å²) in [6.07, 6.45) is 13.2. The molecule has 4 aromatic rings. The number of esters is 1. The number of allylic oxidation sites excluding steroid dienone is 3. The van der Waals surface area contributed by atoms with Crippen molar-refractivity contribution in [2.45, 2.75) is 103 Å². The van der Waals surface area contributed by atoms with Crippen molar-refractivity contribution in [2.75, 3.05) is 13.2 Å². The van der Waals surface area contributed by atoms with Crippen molar-refractivity contribution in [3.63, 3.8) is 0 Å². The maximum absolute atomic E-state index is 11.9. The first kappa shape index (κ1) is 41.6. The van der Waals surface area contributed by atoms with Crippen LogP contribution in [0.25, 0.3) is 16.3 Å². The molecule has 0 unspecified atom stereocenters. The summed E-state index contributed by atoms with van der Waals surface area (Å²) in [5.41, 5.74) is 5.14. The van der Waals surface area contributed by atoms with Crippen LogP contribution in [0.3, 0.4) is 0 Å². The van der Waals surface area contributed by atoms with Crippen LogP contribution in [0.5, 0.6) is 5.75 Å². The van der Waals surface area contributed by atoms with Crippen molar-refractivity contribution in [3.8, 4) is 5.75 Å². The van der Waals surface area contributed by atoms with Gasteiger partial charge in [0, 0.05) is 47.8 Å². The second-order valence-electron chi connectivity index (χ2n) is 15.8. The number of fused-ring (bicyclic) bond motifs is 1. The summed E-state index contributed by atoms with van der Waals surface area (Å²) in [5, 5.41) is 11.2. The van der Waals surface area contributed by atoms with Gasteiger partial charge in [0.2, 0.25) is 8.32 Å². The van der Waals surface area contributed by atoms with Crippen LogP contribution in [0.4, 0.5) is 0 Å². The zero-order valence-electron chi connectivity index (χ0n) is 33.3. The summed E-state index contributed by atoms with van der Waals surface area (Å²) in [7, 11) is -2.15. The van der Waals surface area contributed by atoms with E-state index >= 15 is 0 Å². The molecule has 55 heavy (non-hydrogen) atoms. The van der Waals surface area contributed by atoms with Crippen LogP contribution < -0.4 is 4.43 Å². The lowest BCUT2D eigenvalue weighted by atomic mass is 9.91. The third-order valence-corrected chi connectivity index (χ3v) is 14.9. The summed E-state index contributed by atoms with van der Waals surface area (Å²) < 4.78 is 25.4. The number of aromatic nitrogens is 1. The summed E-state index contributed by atoms with van der Waals surface area (Å²) in [4.78, 5) is 27.2. The van der Waals surface area contributed by atoms with Crippen molar-refractivity contribution in [1.82, 2.24) is 4.98 Å². The third kappa shape index (κ3) is 11.5. The number of carboxylic acids is 1. The fraction of sp³-hybridized carbons (Fsp3) is 0.413. The maximum Gasteiger partial charge on any atom is 0.306 e. The van der Waals surface area contributed by atoms with Gasteiger partial charge in [-0.1, -0.05) is 87.5 Å². The largest absolute Gasteiger partial charge is 0.543 e. The second-order valence-corrected chi connectivity index (χ2v) is 20.5. The Morgan fingerprint density at radius 1 is 0.927 bits per heavy atom. The van der Waals surface area contributed by atoms with E-state index in [1.54, 1.807) is 6.20 Å². The zero-order valence-corrected chi connectivity index (χ0v) is 34.3. The van der Waals surface area contributed by atoms with Crippen LogP contribution in [-0.4, -0.2) is 43.6 Å². The lowest BCUT2D eigenvalue weighted by molar-refractivity contribution is -0.244. The number of aliphatic carboxylic acids is 1. The molecule has 3 aromatic carbocycles.